The molecule has 1 aromatic heterocycles. The highest BCUT2D eigenvalue weighted by molar-refractivity contribution is 5.72. The summed E-state index contributed by atoms with van der Waals surface area (Å²) in [6.45, 7) is 3.14. The van der Waals surface area contributed by atoms with Crippen LogP contribution < -0.4 is 38.4 Å². The summed E-state index contributed by atoms with van der Waals surface area (Å²) >= 11 is 0. The normalized spacial score (nSPS) is 13.6. The van der Waals surface area contributed by atoms with Gasteiger partial charge in [0.1, 0.15) is 5.35 Å². The number of nitrogens with one attached hydrogen (secondary N) is 3. The summed E-state index contributed by atoms with van der Waals surface area (Å²) in [4.78, 5) is 35.7. The number of pyridine rings is 1. The average molecular weight is 293 g/mol. The summed E-state index contributed by atoms with van der Waals surface area (Å²) in [5.74, 6) is 0. The quantitative estimate of drug-likeness (QED) is 0.332. The molecule has 0 aromatic carbocycles. The molecule has 1 rings (SSSR count). The Morgan fingerprint density at radius 3 is 2.38 bits per heavy atom. The maximum Gasteiger partial charge on any atom is 0.356 e. The van der Waals surface area contributed by atoms with Gasteiger partial charge >= 0.3 is 12.1 Å². The number of rotatable bonds is 3. The van der Waals surface area contributed by atoms with Gasteiger partial charge in [-0.25, -0.2) is 9.59 Å². The van der Waals surface area contributed by atoms with Crippen molar-refractivity contribution in [3.63, 3.8) is 0 Å². The van der Waals surface area contributed by atoms with Crippen LogP contribution in [0.25, 0.3) is 11.4 Å². The van der Waals surface area contributed by atoms with Crippen molar-refractivity contribution in [2.75, 3.05) is 0 Å². The van der Waals surface area contributed by atoms with Crippen molar-refractivity contribution in [3.05, 3.63) is 33.1 Å². The second kappa shape index (κ2) is 6.84. The number of H-pyrrole nitrogens is 1. The van der Waals surface area contributed by atoms with E-state index >= 15 is 0 Å². The van der Waals surface area contributed by atoms with Crippen molar-refractivity contribution in [3.8, 4) is 0 Å². The minimum Gasteiger partial charge on any atom is -0.350 e. The van der Waals surface area contributed by atoms with Crippen LogP contribution in [-0.2, 0) is 0 Å². The first-order chi connectivity index (χ1) is 9.81. The number of amides is 4. The van der Waals surface area contributed by atoms with Crippen LogP contribution in [0.15, 0.2) is 27.2 Å². The minimum absolute atomic E-state index is 0.190. The molecule has 0 spiro atoms. The summed E-state index contributed by atoms with van der Waals surface area (Å²) in [5.41, 5.74) is 14.8. The highest BCUT2D eigenvalue weighted by Crippen LogP contribution is 1.92. The third kappa shape index (κ3) is 4.78. The number of nitrogens with zero attached hydrogens (tertiary/aromatic N) is 2. The summed E-state index contributed by atoms with van der Waals surface area (Å²) < 4.78 is 0. The number of nitrogens with two attached hydrogens (primary N) is 2. The SMILES string of the molecule is C/C(NNC(N)=O)=c1/[nH]/c(=C(\C)N=NC(N)=O)ccc1=O. The fourth-order valence-corrected chi connectivity index (χ4v) is 1.37. The third-order valence-electron chi connectivity index (χ3n) is 2.34. The van der Waals surface area contributed by atoms with Gasteiger partial charge in [-0.1, -0.05) is 5.11 Å². The van der Waals surface area contributed by atoms with E-state index in [9.17, 15) is 14.4 Å². The third-order valence-corrected chi connectivity index (χ3v) is 2.34. The number of carbonyl (C=O) groups excluding carboxylic acids is 2. The van der Waals surface area contributed by atoms with Gasteiger partial charge in [0.25, 0.3) is 0 Å². The molecule has 10 nitrogen and oxygen atoms in total. The molecule has 7 N–H and O–H groups in total. The molecule has 0 aliphatic carbocycles. The molecule has 0 fully saturated rings. The van der Waals surface area contributed by atoms with E-state index in [1.54, 1.807) is 13.8 Å². The molecule has 0 saturated heterocycles. The molecule has 0 aliphatic rings. The smallest absolute Gasteiger partial charge is 0.350 e. The van der Waals surface area contributed by atoms with E-state index in [1.165, 1.54) is 12.1 Å². The lowest BCUT2D eigenvalue weighted by Gasteiger charge is -2.05. The van der Waals surface area contributed by atoms with Crippen LogP contribution in [0.4, 0.5) is 9.59 Å². The second-order valence-corrected chi connectivity index (χ2v) is 3.97. The predicted octanol–water partition coefficient (Wildman–Crippen LogP) is -1.67. The van der Waals surface area contributed by atoms with E-state index in [2.05, 4.69) is 26.1 Å². The van der Waals surface area contributed by atoms with Crippen molar-refractivity contribution in [2.24, 2.45) is 21.7 Å². The first kappa shape index (κ1) is 15.9. The Balaban J connectivity index is 3.37. The van der Waals surface area contributed by atoms with Gasteiger partial charge in [0, 0.05) is 0 Å². The van der Waals surface area contributed by atoms with Gasteiger partial charge in [-0.05, 0) is 26.0 Å². The average Bonchev–Trinajstić information content (AvgIpc) is 2.42. The zero-order chi connectivity index (χ0) is 16.0. The van der Waals surface area contributed by atoms with Gasteiger partial charge in [-0.2, -0.15) is 0 Å². The van der Waals surface area contributed by atoms with Crippen LogP contribution in [0, 0.1) is 0 Å². The van der Waals surface area contributed by atoms with E-state index in [0.717, 1.165) is 0 Å². The highest BCUT2D eigenvalue weighted by Gasteiger charge is 1.98. The molecule has 0 saturated carbocycles. The molecular weight excluding hydrogens is 278 g/mol. The maximum absolute atomic E-state index is 11.8. The molecule has 0 unspecified atom stereocenters. The fourth-order valence-electron chi connectivity index (χ4n) is 1.37. The lowest BCUT2D eigenvalue weighted by atomic mass is 10.3. The molecule has 0 bridgehead atoms. The van der Waals surface area contributed by atoms with Gasteiger partial charge in [0.2, 0.25) is 5.43 Å². The number of carbonyl (C=O) groups is 2. The highest BCUT2D eigenvalue weighted by atomic mass is 16.2. The van der Waals surface area contributed by atoms with Crippen LogP contribution in [-0.4, -0.2) is 17.0 Å². The molecule has 1 heterocycles. The first-order valence-electron chi connectivity index (χ1n) is 5.75. The largest absolute Gasteiger partial charge is 0.356 e. The molecule has 112 valence electrons. The van der Waals surface area contributed by atoms with Gasteiger partial charge in [-0.3, -0.25) is 15.6 Å². The van der Waals surface area contributed by atoms with E-state index < -0.39 is 12.1 Å². The minimum atomic E-state index is -0.926. The standard InChI is InChI=1S/C11H15N7O3/c1-5(15-17-10(12)20)7-3-4-8(19)9(14-7)6(2)16-18-11(13)21/h3-4,14,16H,1-2H3,(H2,12,20)(H3,13,18,21)/b7-5+,9-6-,17-15?. The van der Waals surface area contributed by atoms with Crippen LogP contribution in [0.2, 0.25) is 0 Å². The number of aromatic nitrogens is 1. The molecular formula is C11H15N7O3. The second-order valence-electron chi connectivity index (χ2n) is 3.97. The van der Waals surface area contributed by atoms with Crippen molar-refractivity contribution in [1.82, 2.24) is 15.8 Å². The van der Waals surface area contributed by atoms with Gasteiger partial charge in [-0.15, -0.1) is 5.11 Å². The van der Waals surface area contributed by atoms with Crippen molar-refractivity contribution in [2.45, 2.75) is 13.8 Å². The molecule has 0 aliphatic heterocycles. The lowest BCUT2D eigenvalue weighted by molar-refractivity contribution is 0.247. The van der Waals surface area contributed by atoms with Crippen molar-refractivity contribution >= 4 is 23.5 Å². The molecule has 4 amide bonds. The van der Waals surface area contributed by atoms with E-state index in [1.807, 2.05) is 0 Å². The number of urea groups is 2. The first-order valence-corrected chi connectivity index (χ1v) is 5.75. The van der Waals surface area contributed by atoms with Crippen LogP contribution in [0.3, 0.4) is 0 Å². The zero-order valence-corrected chi connectivity index (χ0v) is 11.4. The van der Waals surface area contributed by atoms with Crippen molar-refractivity contribution < 1.29 is 9.59 Å². The van der Waals surface area contributed by atoms with Crippen LogP contribution >= 0.6 is 0 Å². The van der Waals surface area contributed by atoms with Gasteiger partial charge in [0.05, 0.1) is 16.7 Å². The van der Waals surface area contributed by atoms with Crippen LogP contribution in [0.5, 0.6) is 0 Å². The lowest BCUT2D eigenvalue weighted by Crippen LogP contribution is -2.45. The number of azo groups is 1. The van der Waals surface area contributed by atoms with Gasteiger partial charge < -0.3 is 16.5 Å². The molecule has 1 aromatic rings. The number of hydrogen-bond acceptors (Lipinski definition) is 5. The number of primary amides is 2. The summed E-state index contributed by atoms with van der Waals surface area (Å²) in [5, 5.41) is 7.45. The Kier molecular flexibility index (Phi) is 5.17. The molecule has 0 radical (unpaired) electrons. The molecule has 10 heteroatoms. The molecule has 21 heavy (non-hydrogen) atoms. The Hall–Kier alpha value is -3.17. The summed E-state index contributed by atoms with van der Waals surface area (Å²) in [6.07, 6.45) is 0. The van der Waals surface area contributed by atoms with E-state index in [0.29, 0.717) is 16.7 Å². The number of hydrogen-bond donors (Lipinski definition) is 5. The Morgan fingerprint density at radius 1 is 1.14 bits per heavy atom. The zero-order valence-electron chi connectivity index (χ0n) is 11.4. The Bertz CT molecular complexity index is 763. The fraction of sp³-hybridized carbons (Fsp3) is 0.182. The van der Waals surface area contributed by atoms with Crippen molar-refractivity contribution in [1.29, 1.82) is 0 Å². The number of aromatic amines is 1. The topological polar surface area (TPSA) is 168 Å². The molecule has 0 atom stereocenters. The van der Waals surface area contributed by atoms with E-state index in [-0.39, 0.29) is 10.8 Å². The monoisotopic (exact) mass is 293 g/mol. The maximum atomic E-state index is 11.8. The Morgan fingerprint density at radius 2 is 1.81 bits per heavy atom. The summed E-state index contributed by atoms with van der Waals surface area (Å²) in [7, 11) is 0. The van der Waals surface area contributed by atoms with Gasteiger partial charge in [0.15, 0.2) is 0 Å². The number of hydrazine groups is 1. The summed E-state index contributed by atoms with van der Waals surface area (Å²) in [6, 6.07) is 1.07. The predicted molar refractivity (Wildman–Crippen MR) is 74.8 cm³/mol. The van der Waals surface area contributed by atoms with E-state index in [4.69, 9.17) is 11.5 Å². The van der Waals surface area contributed by atoms with Crippen LogP contribution in [0.1, 0.15) is 13.8 Å². The Labute approximate surface area is 118 Å².